The van der Waals surface area contributed by atoms with Gasteiger partial charge in [-0.05, 0) is 13.8 Å². The van der Waals surface area contributed by atoms with Gasteiger partial charge in [0.15, 0.2) is 0 Å². The lowest BCUT2D eigenvalue weighted by Gasteiger charge is -2.34. The lowest BCUT2D eigenvalue weighted by Crippen LogP contribution is -2.55. The molecule has 0 aromatic rings. The van der Waals surface area contributed by atoms with Crippen LogP contribution in [0.15, 0.2) is 0 Å². The summed E-state index contributed by atoms with van der Waals surface area (Å²) in [4.78, 5) is 25.2. The molecule has 1 rings (SSSR count). The number of carbonyl (C=O) groups excluding carboxylic acids is 2. The second-order valence-corrected chi connectivity index (χ2v) is 4.21. The average Bonchev–Trinajstić information content (AvgIpc) is 2.37. The van der Waals surface area contributed by atoms with Crippen LogP contribution >= 0.6 is 0 Å². The van der Waals surface area contributed by atoms with E-state index in [0.29, 0.717) is 32.7 Å². The molecule has 1 amide bonds. The number of rotatable bonds is 6. The molecule has 0 radical (unpaired) electrons. The number of nitrogens with one attached hydrogen (secondary N) is 2. The maximum Gasteiger partial charge on any atom is 0.324 e. The molecule has 0 aromatic carbocycles. The van der Waals surface area contributed by atoms with E-state index in [1.165, 1.54) is 0 Å². The van der Waals surface area contributed by atoms with Gasteiger partial charge >= 0.3 is 5.97 Å². The summed E-state index contributed by atoms with van der Waals surface area (Å²) in [7, 11) is 0. The molecule has 1 aliphatic rings. The highest BCUT2D eigenvalue weighted by molar-refractivity contribution is 5.77. The van der Waals surface area contributed by atoms with Crippen molar-refractivity contribution in [3.63, 3.8) is 0 Å². The van der Waals surface area contributed by atoms with Crippen molar-refractivity contribution in [3.8, 4) is 0 Å². The Bertz CT molecular complexity index is 284. The minimum absolute atomic E-state index is 0.0265. The molecule has 6 nitrogen and oxygen atoms in total. The summed E-state index contributed by atoms with van der Waals surface area (Å²) < 4.78 is 5.04. The van der Waals surface area contributed by atoms with Gasteiger partial charge in [0.25, 0.3) is 0 Å². The van der Waals surface area contributed by atoms with E-state index in [-0.39, 0.29) is 17.9 Å². The fourth-order valence-corrected chi connectivity index (χ4v) is 2.02. The summed E-state index contributed by atoms with van der Waals surface area (Å²) in [5, 5.41) is 5.93. The van der Waals surface area contributed by atoms with Gasteiger partial charge < -0.3 is 15.4 Å². The number of hydrogen-bond acceptors (Lipinski definition) is 5. The van der Waals surface area contributed by atoms with Crippen LogP contribution < -0.4 is 10.6 Å². The molecule has 2 N–H and O–H groups in total. The van der Waals surface area contributed by atoms with Crippen LogP contribution in [0, 0.1) is 0 Å². The van der Waals surface area contributed by atoms with E-state index in [1.807, 2.05) is 11.8 Å². The highest BCUT2D eigenvalue weighted by Gasteiger charge is 2.29. The zero-order valence-corrected chi connectivity index (χ0v) is 11.2. The Morgan fingerprint density at radius 3 is 2.89 bits per heavy atom. The molecule has 104 valence electrons. The third-order valence-electron chi connectivity index (χ3n) is 2.91. The first kappa shape index (κ1) is 14.9. The first-order chi connectivity index (χ1) is 8.69. The van der Waals surface area contributed by atoms with Crippen molar-refractivity contribution in [2.75, 3.05) is 39.3 Å². The fourth-order valence-electron chi connectivity index (χ4n) is 2.02. The van der Waals surface area contributed by atoms with E-state index < -0.39 is 0 Å². The molecule has 1 fully saturated rings. The molecule has 6 heteroatoms. The summed E-state index contributed by atoms with van der Waals surface area (Å²) >= 11 is 0. The predicted octanol–water partition coefficient (Wildman–Crippen LogP) is -0.650. The van der Waals surface area contributed by atoms with E-state index in [1.54, 1.807) is 6.92 Å². The molecule has 18 heavy (non-hydrogen) atoms. The topological polar surface area (TPSA) is 70.7 Å². The van der Waals surface area contributed by atoms with Gasteiger partial charge in [0, 0.05) is 39.1 Å². The minimum Gasteiger partial charge on any atom is -0.465 e. The molecular formula is C12H23N3O3. The molecule has 0 saturated carbocycles. The van der Waals surface area contributed by atoms with Crippen LogP contribution in [0.3, 0.4) is 0 Å². The normalized spacial score (nSPS) is 20.4. The molecule has 1 atom stereocenters. The Morgan fingerprint density at radius 1 is 1.44 bits per heavy atom. The van der Waals surface area contributed by atoms with E-state index in [4.69, 9.17) is 4.74 Å². The van der Waals surface area contributed by atoms with Gasteiger partial charge in [0.1, 0.15) is 6.04 Å². The smallest absolute Gasteiger partial charge is 0.324 e. The van der Waals surface area contributed by atoms with Crippen LogP contribution in [-0.4, -0.2) is 62.1 Å². The molecule has 0 aromatic heterocycles. The lowest BCUT2D eigenvalue weighted by molar-refractivity contribution is -0.150. The highest BCUT2D eigenvalue weighted by atomic mass is 16.5. The Labute approximate surface area is 108 Å². The first-order valence-electron chi connectivity index (χ1n) is 6.57. The number of nitrogens with zero attached hydrogens (tertiary/aromatic N) is 1. The van der Waals surface area contributed by atoms with Gasteiger partial charge in [0.2, 0.25) is 5.91 Å². The monoisotopic (exact) mass is 257 g/mol. The summed E-state index contributed by atoms with van der Waals surface area (Å²) in [5.41, 5.74) is 0. The van der Waals surface area contributed by atoms with Gasteiger partial charge in [-0.3, -0.25) is 14.5 Å². The Morgan fingerprint density at radius 2 is 2.22 bits per heavy atom. The molecule has 1 aliphatic heterocycles. The van der Waals surface area contributed by atoms with Crippen molar-refractivity contribution in [1.29, 1.82) is 0 Å². The maximum absolute atomic E-state index is 11.8. The second-order valence-electron chi connectivity index (χ2n) is 4.21. The largest absolute Gasteiger partial charge is 0.465 e. The van der Waals surface area contributed by atoms with Crippen molar-refractivity contribution in [2.45, 2.75) is 26.3 Å². The molecular weight excluding hydrogens is 234 g/mol. The zero-order valence-electron chi connectivity index (χ0n) is 11.2. The van der Waals surface area contributed by atoms with Crippen molar-refractivity contribution < 1.29 is 14.3 Å². The molecule has 0 spiro atoms. The van der Waals surface area contributed by atoms with E-state index in [0.717, 1.165) is 13.1 Å². The molecule has 1 saturated heterocycles. The van der Waals surface area contributed by atoms with Crippen LogP contribution in [0.2, 0.25) is 0 Å². The van der Waals surface area contributed by atoms with Crippen LogP contribution in [0.4, 0.5) is 0 Å². The summed E-state index contributed by atoms with van der Waals surface area (Å²) in [6, 6.07) is -0.270. The van der Waals surface area contributed by atoms with Gasteiger partial charge in [-0.1, -0.05) is 0 Å². The van der Waals surface area contributed by atoms with Crippen molar-refractivity contribution >= 4 is 11.9 Å². The quantitative estimate of drug-likeness (QED) is 0.619. The second kappa shape index (κ2) is 8.05. The number of carbonyl (C=O) groups is 2. The van der Waals surface area contributed by atoms with Gasteiger partial charge in [-0.2, -0.15) is 0 Å². The molecule has 0 bridgehead atoms. The number of amides is 1. The molecule has 1 unspecified atom stereocenters. The van der Waals surface area contributed by atoms with Crippen molar-refractivity contribution in [3.05, 3.63) is 0 Å². The Kier molecular flexibility index (Phi) is 6.67. The first-order valence-corrected chi connectivity index (χ1v) is 6.57. The molecule has 0 aliphatic carbocycles. The average molecular weight is 257 g/mol. The van der Waals surface area contributed by atoms with Crippen LogP contribution in [0.5, 0.6) is 0 Å². The Hall–Kier alpha value is -1.14. The van der Waals surface area contributed by atoms with Gasteiger partial charge in [-0.25, -0.2) is 0 Å². The number of esters is 1. The van der Waals surface area contributed by atoms with Crippen LogP contribution in [0.25, 0.3) is 0 Å². The number of piperazine rings is 1. The lowest BCUT2D eigenvalue weighted by atomic mass is 10.2. The third kappa shape index (κ3) is 4.62. The van der Waals surface area contributed by atoms with Gasteiger partial charge in [-0.15, -0.1) is 0 Å². The van der Waals surface area contributed by atoms with E-state index in [2.05, 4.69) is 10.6 Å². The number of ether oxygens (including phenoxy) is 1. The van der Waals surface area contributed by atoms with Crippen LogP contribution in [0.1, 0.15) is 20.3 Å². The van der Waals surface area contributed by atoms with Crippen LogP contribution in [-0.2, 0) is 14.3 Å². The summed E-state index contributed by atoms with van der Waals surface area (Å²) in [6.45, 7) is 7.51. The van der Waals surface area contributed by atoms with Gasteiger partial charge in [0.05, 0.1) is 6.61 Å². The van der Waals surface area contributed by atoms with Crippen molar-refractivity contribution in [2.24, 2.45) is 0 Å². The summed E-state index contributed by atoms with van der Waals surface area (Å²) in [5.74, 6) is -0.181. The molecule has 1 heterocycles. The SMILES string of the molecule is CCNC(=O)CCN1CCNCC1C(=O)OCC. The maximum atomic E-state index is 11.8. The zero-order chi connectivity index (χ0) is 13.4. The minimum atomic E-state index is -0.270. The standard InChI is InChI=1S/C12H23N3O3/c1-3-14-11(16)5-7-15-8-6-13-9-10(15)12(17)18-4-2/h10,13H,3-9H2,1-2H3,(H,14,16). The summed E-state index contributed by atoms with van der Waals surface area (Å²) in [6.07, 6.45) is 0.420. The van der Waals surface area contributed by atoms with E-state index >= 15 is 0 Å². The number of hydrogen-bond donors (Lipinski definition) is 2. The Balaban J connectivity index is 2.44. The van der Waals surface area contributed by atoms with E-state index in [9.17, 15) is 9.59 Å². The predicted molar refractivity (Wildman–Crippen MR) is 68.2 cm³/mol. The highest BCUT2D eigenvalue weighted by Crippen LogP contribution is 2.06. The fraction of sp³-hybridized carbons (Fsp3) is 0.833. The third-order valence-corrected chi connectivity index (χ3v) is 2.91. The van der Waals surface area contributed by atoms with Crippen molar-refractivity contribution in [1.82, 2.24) is 15.5 Å².